The summed E-state index contributed by atoms with van der Waals surface area (Å²) in [7, 11) is 1.50. The molecule has 12 heavy (non-hydrogen) atoms. The van der Waals surface area contributed by atoms with Gasteiger partial charge in [-0.05, 0) is 20.9 Å². The van der Waals surface area contributed by atoms with Crippen molar-refractivity contribution in [3.05, 3.63) is 36.4 Å². The van der Waals surface area contributed by atoms with Crippen LogP contribution in [0.5, 0.6) is 0 Å². The fraction of sp³-hybridized carbons (Fsp3) is 0.300. The van der Waals surface area contributed by atoms with E-state index < -0.39 is 0 Å². The van der Waals surface area contributed by atoms with Gasteiger partial charge in [-0.15, -0.1) is 0 Å². The predicted octanol–water partition coefficient (Wildman–Crippen LogP) is 1.86. The Bertz CT molecular complexity index is 142. The number of carbonyl (C=O) groups is 1. The van der Waals surface area contributed by atoms with Gasteiger partial charge in [-0.2, -0.15) is 0 Å². The SMILES string of the molecule is CC(C)=O.CN.c1ccccc1. The molecule has 0 amide bonds. The van der Waals surface area contributed by atoms with Crippen molar-refractivity contribution in [1.82, 2.24) is 0 Å². The highest BCUT2D eigenvalue weighted by atomic mass is 16.1. The van der Waals surface area contributed by atoms with E-state index in [2.05, 4.69) is 5.73 Å². The van der Waals surface area contributed by atoms with E-state index in [0.717, 1.165) is 0 Å². The molecule has 2 heteroatoms. The van der Waals surface area contributed by atoms with Crippen molar-refractivity contribution in [2.24, 2.45) is 5.73 Å². The van der Waals surface area contributed by atoms with Gasteiger partial charge in [-0.1, -0.05) is 36.4 Å². The molecule has 1 rings (SSSR count). The summed E-state index contributed by atoms with van der Waals surface area (Å²) in [4.78, 5) is 9.44. The first kappa shape index (κ1) is 13.4. The maximum atomic E-state index is 9.44. The molecule has 0 aliphatic rings. The van der Waals surface area contributed by atoms with Crippen LogP contribution in [-0.2, 0) is 4.79 Å². The minimum absolute atomic E-state index is 0.167. The number of carbonyl (C=O) groups excluding carboxylic acids is 1. The quantitative estimate of drug-likeness (QED) is 0.641. The first-order valence-corrected chi connectivity index (χ1v) is 3.78. The third kappa shape index (κ3) is 23.2. The lowest BCUT2D eigenvalue weighted by molar-refractivity contribution is -0.114. The molecule has 0 unspecified atom stereocenters. The molecule has 0 fully saturated rings. The second-order valence-corrected chi connectivity index (χ2v) is 2.06. The lowest BCUT2D eigenvalue weighted by atomic mass is 10.4. The third-order valence-corrected chi connectivity index (χ3v) is 0.667. The molecule has 0 aliphatic heterocycles. The summed E-state index contributed by atoms with van der Waals surface area (Å²) in [6.07, 6.45) is 0. The van der Waals surface area contributed by atoms with Gasteiger partial charge >= 0.3 is 0 Å². The van der Waals surface area contributed by atoms with E-state index in [1.807, 2.05) is 36.4 Å². The van der Waals surface area contributed by atoms with Crippen LogP contribution in [0, 0.1) is 0 Å². The molecule has 0 heterocycles. The average molecular weight is 167 g/mol. The van der Waals surface area contributed by atoms with E-state index in [0.29, 0.717) is 0 Å². The zero-order valence-corrected chi connectivity index (χ0v) is 7.95. The maximum absolute atomic E-state index is 9.44. The molecule has 68 valence electrons. The number of nitrogens with two attached hydrogens (primary N) is 1. The highest BCUT2D eigenvalue weighted by Gasteiger charge is 1.62. The summed E-state index contributed by atoms with van der Waals surface area (Å²) in [6, 6.07) is 12.0. The van der Waals surface area contributed by atoms with Gasteiger partial charge in [0, 0.05) is 0 Å². The van der Waals surface area contributed by atoms with Gasteiger partial charge in [0.1, 0.15) is 5.78 Å². The van der Waals surface area contributed by atoms with E-state index in [1.54, 1.807) is 0 Å². The third-order valence-electron chi connectivity index (χ3n) is 0.667. The molecule has 0 spiro atoms. The number of ketones is 1. The number of rotatable bonds is 0. The number of benzene rings is 1. The van der Waals surface area contributed by atoms with Gasteiger partial charge in [0.05, 0.1) is 0 Å². The standard InChI is InChI=1S/C6H6.C3H6O.CH5N/c1-2-4-6-5-3-1;1-3(2)4;1-2/h1-6H;1-2H3;2H2,1H3. The molecular formula is C10H17NO. The Morgan fingerprint density at radius 2 is 0.917 bits per heavy atom. The van der Waals surface area contributed by atoms with Gasteiger partial charge in [0.25, 0.3) is 0 Å². The Morgan fingerprint density at radius 3 is 1.00 bits per heavy atom. The van der Waals surface area contributed by atoms with Crippen molar-refractivity contribution in [3.8, 4) is 0 Å². The molecule has 2 N–H and O–H groups in total. The molecule has 0 atom stereocenters. The summed E-state index contributed by atoms with van der Waals surface area (Å²) >= 11 is 0. The molecule has 0 aromatic heterocycles. The van der Waals surface area contributed by atoms with Crippen molar-refractivity contribution >= 4 is 5.78 Å². The van der Waals surface area contributed by atoms with Crippen LogP contribution in [0.25, 0.3) is 0 Å². The van der Waals surface area contributed by atoms with Gasteiger partial charge < -0.3 is 10.5 Å². The molecule has 0 saturated carbocycles. The van der Waals surface area contributed by atoms with Crippen molar-refractivity contribution in [3.63, 3.8) is 0 Å². The van der Waals surface area contributed by atoms with Crippen molar-refractivity contribution < 1.29 is 4.79 Å². The smallest absolute Gasteiger partial charge is 0.126 e. The van der Waals surface area contributed by atoms with Crippen LogP contribution < -0.4 is 5.73 Å². The average Bonchev–Trinajstić information content (AvgIpc) is 2.10. The van der Waals surface area contributed by atoms with Crippen LogP contribution in [0.2, 0.25) is 0 Å². The van der Waals surface area contributed by atoms with Gasteiger partial charge in [0.15, 0.2) is 0 Å². The van der Waals surface area contributed by atoms with Crippen LogP contribution in [0.1, 0.15) is 13.8 Å². The topological polar surface area (TPSA) is 43.1 Å². The second-order valence-electron chi connectivity index (χ2n) is 2.06. The zero-order valence-electron chi connectivity index (χ0n) is 7.95. The fourth-order valence-electron chi connectivity index (χ4n) is 0.385. The Balaban J connectivity index is 0. The zero-order chi connectivity index (χ0) is 9.82. The number of hydrogen-bond acceptors (Lipinski definition) is 2. The maximum Gasteiger partial charge on any atom is 0.126 e. The van der Waals surface area contributed by atoms with E-state index in [4.69, 9.17) is 0 Å². The van der Waals surface area contributed by atoms with E-state index in [9.17, 15) is 4.79 Å². The Morgan fingerprint density at radius 1 is 0.833 bits per heavy atom. The Kier molecular flexibility index (Phi) is 14.0. The highest BCUT2D eigenvalue weighted by Crippen LogP contribution is 1.79. The first-order valence-electron chi connectivity index (χ1n) is 3.78. The normalized spacial score (nSPS) is 6.67. The molecule has 1 aromatic carbocycles. The van der Waals surface area contributed by atoms with Crippen LogP contribution in [-0.4, -0.2) is 12.8 Å². The van der Waals surface area contributed by atoms with Crippen molar-refractivity contribution in [1.29, 1.82) is 0 Å². The summed E-state index contributed by atoms with van der Waals surface area (Å²) in [5, 5.41) is 0. The molecule has 0 aliphatic carbocycles. The van der Waals surface area contributed by atoms with Crippen LogP contribution >= 0.6 is 0 Å². The van der Waals surface area contributed by atoms with Gasteiger partial charge in [0.2, 0.25) is 0 Å². The molecule has 1 aromatic rings. The monoisotopic (exact) mass is 167 g/mol. The lowest BCUT2D eigenvalue weighted by Crippen LogP contribution is -1.69. The van der Waals surface area contributed by atoms with Crippen LogP contribution in [0.3, 0.4) is 0 Å². The summed E-state index contributed by atoms with van der Waals surface area (Å²) in [5.41, 5.74) is 4.50. The predicted molar refractivity (Wildman–Crippen MR) is 52.9 cm³/mol. The first-order chi connectivity index (χ1) is 5.73. The molecule has 0 bridgehead atoms. The second kappa shape index (κ2) is 12.5. The lowest BCUT2D eigenvalue weighted by Gasteiger charge is -1.69. The molecular weight excluding hydrogens is 150 g/mol. The molecule has 0 saturated heterocycles. The fourth-order valence-corrected chi connectivity index (χ4v) is 0.385. The number of hydrogen-bond donors (Lipinski definition) is 1. The summed E-state index contributed by atoms with van der Waals surface area (Å²) in [6.45, 7) is 3.06. The minimum Gasteiger partial charge on any atom is -0.333 e. The largest absolute Gasteiger partial charge is 0.333 e. The van der Waals surface area contributed by atoms with E-state index >= 15 is 0 Å². The van der Waals surface area contributed by atoms with Gasteiger partial charge in [-0.3, -0.25) is 0 Å². The Labute approximate surface area is 74.4 Å². The highest BCUT2D eigenvalue weighted by molar-refractivity contribution is 5.72. The van der Waals surface area contributed by atoms with Crippen LogP contribution in [0.4, 0.5) is 0 Å². The molecule has 0 radical (unpaired) electrons. The van der Waals surface area contributed by atoms with Gasteiger partial charge in [-0.25, -0.2) is 0 Å². The number of Topliss-reactive ketones (excluding diaryl/α,β-unsaturated/α-hetero) is 1. The minimum atomic E-state index is 0.167. The van der Waals surface area contributed by atoms with Crippen molar-refractivity contribution in [2.45, 2.75) is 13.8 Å². The Hall–Kier alpha value is -1.15. The van der Waals surface area contributed by atoms with E-state index in [-0.39, 0.29) is 5.78 Å². The summed E-state index contributed by atoms with van der Waals surface area (Å²) < 4.78 is 0. The van der Waals surface area contributed by atoms with E-state index in [1.165, 1.54) is 20.9 Å². The van der Waals surface area contributed by atoms with Crippen molar-refractivity contribution in [2.75, 3.05) is 7.05 Å². The molecule has 2 nitrogen and oxygen atoms in total. The van der Waals surface area contributed by atoms with Crippen LogP contribution in [0.15, 0.2) is 36.4 Å². The summed E-state index contributed by atoms with van der Waals surface area (Å²) in [5.74, 6) is 0.167.